The second-order valence-corrected chi connectivity index (χ2v) is 4.94. The minimum absolute atomic E-state index is 0.739. The van der Waals surface area contributed by atoms with Crippen LogP contribution >= 0.6 is 15.9 Å². The largest absolute Gasteiger partial charge is 0.379 e. The number of benzene rings is 1. The Hall–Kier alpha value is -1.13. The van der Waals surface area contributed by atoms with Gasteiger partial charge in [0, 0.05) is 22.8 Å². The molecule has 0 fully saturated rings. The van der Waals surface area contributed by atoms with Crippen LogP contribution in [0.5, 0.6) is 0 Å². The van der Waals surface area contributed by atoms with Gasteiger partial charge in [0.2, 0.25) is 0 Å². The van der Waals surface area contributed by atoms with Gasteiger partial charge in [0.15, 0.2) is 0 Å². The summed E-state index contributed by atoms with van der Waals surface area (Å²) < 4.78 is 2.70. The molecule has 0 bridgehead atoms. The number of rotatable bonds is 3. The van der Waals surface area contributed by atoms with Crippen molar-refractivity contribution in [1.82, 2.24) is 9.78 Å². The van der Waals surface area contributed by atoms with Crippen LogP contribution in [-0.2, 0) is 12.1 Å². The number of hydrogen-bond acceptors (Lipinski definition) is 2. The first kappa shape index (κ1) is 12.3. The molecule has 4 heteroatoms. The van der Waals surface area contributed by atoms with Crippen molar-refractivity contribution >= 4 is 15.9 Å². The lowest BCUT2D eigenvalue weighted by atomic mass is 9.92. The Bertz CT molecular complexity index is 520. The third-order valence-corrected chi connectivity index (χ3v) is 3.60. The summed E-state index contributed by atoms with van der Waals surface area (Å²) in [4.78, 5) is 0. The molecule has 0 aliphatic heterocycles. The van der Waals surface area contributed by atoms with Gasteiger partial charge in [0.05, 0.1) is 5.69 Å². The molecule has 1 aromatic heterocycles. The maximum absolute atomic E-state index is 10.7. The minimum Gasteiger partial charge on any atom is -0.379 e. The van der Waals surface area contributed by atoms with Crippen molar-refractivity contribution in [3.05, 3.63) is 52.3 Å². The zero-order valence-corrected chi connectivity index (χ0v) is 11.5. The van der Waals surface area contributed by atoms with Gasteiger partial charge in [-0.15, -0.1) is 0 Å². The molecule has 0 saturated heterocycles. The number of hydrogen-bond donors (Lipinski definition) is 1. The van der Waals surface area contributed by atoms with E-state index in [1.54, 1.807) is 17.8 Å². The molecule has 1 unspecified atom stereocenters. The molecule has 0 saturated carbocycles. The summed E-state index contributed by atoms with van der Waals surface area (Å²) in [6.07, 6.45) is 1.71. The molecular weight excluding hydrogens is 280 g/mol. The van der Waals surface area contributed by atoms with Crippen molar-refractivity contribution in [2.24, 2.45) is 0 Å². The summed E-state index contributed by atoms with van der Waals surface area (Å²) in [5.74, 6) is 0. The molecule has 2 aromatic rings. The van der Waals surface area contributed by atoms with Crippen molar-refractivity contribution in [3.8, 4) is 0 Å². The van der Waals surface area contributed by atoms with Gasteiger partial charge in [-0.25, -0.2) is 0 Å². The fraction of sp³-hybridized carbons (Fsp3) is 0.308. The lowest BCUT2D eigenvalue weighted by Gasteiger charge is -2.25. The maximum Gasteiger partial charge on any atom is 0.129 e. The molecule has 0 amide bonds. The highest BCUT2D eigenvalue weighted by atomic mass is 79.9. The molecule has 1 N–H and O–H groups in total. The van der Waals surface area contributed by atoms with E-state index >= 15 is 0 Å². The Morgan fingerprint density at radius 1 is 1.35 bits per heavy atom. The van der Waals surface area contributed by atoms with Gasteiger partial charge < -0.3 is 5.11 Å². The van der Waals surface area contributed by atoms with Crippen LogP contribution in [0, 0.1) is 0 Å². The Balaban J connectivity index is 2.53. The van der Waals surface area contributed by atoms with Gasteiger partial charge >= 0.3 is 0 Å². The standard InChI is InChI=1S/C13H15BrN2O/c1-3-16-12(8-9-15-16)13(2,17)10-6-4-5-7-11(10)14/h4-9,17H,3H2,1-2H3. The van der Waals surface area contributed by atoms with Crippen LogP contribution < -0.4 is 0 Å². The summed E-state index contributed by atoms with van der Waals surface area (Å²) in [6, 6.07) is 9.54. The van der Waals surface area contributed by atoms with Crippen molar-refractivity contribution in [3.63, 3.8) is 0 Å². The molecule has 2 rings (SSSR count). The van der Waals surface area contributed by atoms with Gasteiger partial charge in [-0.2, -0.15) is 5.10 Å². The van der Waals surface area contributed by atoms with Crippen molar-refractivity contribution in [2.45, 2.75) is 26.0 Å². The predicted molar refractivity (Wildman–Crippen MR) is 70.7 cm³/mol. The van der Waals surface area contributed by atoms with Crippen LogP contribution in [0.25, 0.3) is 0 Å². The van der Waals surface area contributed by atoms with Gasteiger partial charge in [0.1, 0.15) is 5.60 Å². The Morgan fingerprint density at radius 2 is 2.06 bits per heavy atom. The molecule has 1 atom stereocenters. The molecule has 3 nitrogen and oxygen atoms in total. The molecule has 17 heavy (non-hydrogen) atoms. The minimum atomic E-state index is -1.05. The number of aromatic nitrogens is 2. The van der Waals surface area contributed by atoms with Crippen LogP contribution in [0.15, 0.2) is 41.0 Å². The van der Waals surface area contributed by atoms with E-state index in [-0.39, 0.29) is 0 Å². The molecule has 1 aromatic carbocycles. The van der Waals surface area contributed by atoms with E-state index in [1.165, 1.54) is 0 Å². The average Bonchev–Trinajstić information content (AvgIpc) is 2.78. The molecular formula is C13H15BrN2O. The predicted octanol–water partition coefficient (Wildman–Crippen LogP) is 2.92. The first-order chi connectivity index (χ1) is 8.07. The highest BCUT2D eigenvalue weighted by Crippen LogP contribution is 2.33. The van der Waals surface area contributed by atoms with Gasteiger partial charge in [-0.3, -0.25) is 4.68 Å². The zero-order valence-electron chi connectivity index (χ0n) is 9.89. The van der Waals surface area contributed by atoms with E-state index < -0.39 is 5.60 Å². The van der Waals surface area contributed by atoms with E-state index in [4.69, 9.17) is 0 Å². The number of halogens is 1. The molecule has 0 spiro atoms. The SMILES string of the molecule is CCn1nccc1C(C)(O)c1ccccc1Br. The lowest BCUT2D eigenvalue weighted by Crippen LogP contribution is -2.27. The fourth-order valence-electron chi connectivity index (χ4n) is 1.99. The smallest absolute Gasteiger partial charge is 0.129 e. The third kappa shape index (κ3) is 2.15. The lowest BCUT2D eigenvalue weighted by molar-refractivity contribution is 0.0910. The maximum atomic E-state index is 10.7. The third-order valence-electron chi connectivity index (χ3n) is 2.91. The van der Waals surface area contributed by atoms with Crippen LogP contribution in [0.2, 0.25) is 0 Å². The summed E-state index contributed by atoms with van der Waals surface area (Å²) in [5, 5.41) is 14.9. The summed E-state index contributed by atoms with van der Waals surface area (Å²) >= 11 is 3.47. The highest BCUT2D eigenvalue weighted by molar-refractivity contribution is 9.10. The van der Waals surface area contributed by atoms with Crippen LogP contribution in [0.4, 0.5) is 0 Å². The summed E-state index contributed by atoms with van der Waals surface area (Å²) in [7, 11) is 0. The highest BCUT2D eigenvalue weighted by Gasteiger charge is 2.30. The molecule has 0 aliphatic rings. The first-order valence-electron chi connectivity index (χ1n) is 5.57. The number of aliphatic hydroxyl groups is 1. The molecule has 0 aliphatic carbocycles. The van der Waals surface area contributed by atoms with Crippen LogP contribution in [-0.4, -0.2) is 14.9 Å². The van der Waals surface area contributed by atoms with E-state index in [9.17, 15) is 5.11 Å². The average molecular weight is 295 g/mol. The number of aryl methyl sites for hydroxylation is 1. The van der Waals surface area contributed by atoms with Crippen molar-refractivity contribution < 1.29 is 5.11 Å². The Labute approximate surface area is 109 Å². The molecule has 90 valence electrons. The molecule has 1 heterocycles. The summed E-state index contributed by atoms with van der Waals surface area (Å²) in [5.41, 5.74) is 0.592. The second kappa shape index (κ2) is 4.63. The first-order valence-corrected chi connectivity index (χ1v) is 6.36. The van der Waals surface area contributed by atoms with Gasteiger partial charge in [0.25, 0.3) is 0 Å². The Morgan fingerprint density at radius 3 is 2.71 bits per heavy atom. The van der Waals surface area contributed by atoms with E-state index in [0.29, 0.717) is 0 Å². The summed E-state index contributed by atoms with van der Waals surface area (Å²) in [6.45, 7) is 4.53. The van der Waals surface area contributed by atoms with Gasteiger partial charge in [-0.05, 0) is 26.0 Å². The van der Waals surface area contributed by atoms with Crippen molar-refractivity contribution in [1.29, 1.82) is 0 Å². The number of nitrogens with zero attached hydrogens (tertiary/aromatic N) is 2. The van der Waals surface area contributed by atoms with E-state index in [0.717, 1.165) is 22.3 Å². The zero-order chi connectivity index (χ0) is 12.5. The molecule has 0 radical (unpaired) electrons. The van der Waals surface area contributed by atoms with Crippen LogP contribution in [0.1, 0.15) is 25.1 Å². The second-order valence-electron chi connectivity index (χ2n) is 4.08. The normalized spacial score (nSPS) is 14.6. The van der Waals surface area contributed by atoms with Crippen molar-refractivity contribution in [2.75, 3.05) is 0 Å². The monoisotopic (exact) mass is 294 g/mol. The fourth-order valence-corrected chi connectivity index (χ4v) is 2.66. The quantitative estimate of drug-likeness (QED) is 0.945. The van der Waals surface area contributed by atoms with E-state index in [1.807, 2.05) is 37.3 Å². The topological polar surface area (TPSA) is 38.0 Å². The van der Waals surface area contributed by atoms with E-state index in [2.05, 4.69) is 21.0 Å². The van der Waals surface area contributed by atoms with Crippen LogP contribution in [0.3, 0.4) is 0 Å². The van der Waals surface area contributed by atoms with Gasteiger partial charge in [-0.1, -0.05) is 34.1 Å². The Kier molecular flexibility index (Phi) is 3.35.